The predicted octanol–water partition coefficient (Wildman–Crippen LogP) is 3.60. The summed E-state index contributed by atoms with van der Waals surface area (Å²) < 4.78 is 7.01. The van der Waals surface area contributed by atoms with Crippen molar-refractivity contribution in [3.05, 3.63) is 23.2 Å². The van der Waals surface area contributed by atoms with Crippen molar-refractivity contribution in [2.24, 2.45) is 4.99 Å². The van der Waals surface area contributed by atoms with Crippen molar-refractivity contribution in [1.82, 2.24) is 9.88 Å². The van der Waals surface area contributed by atoms with Crippen LogP contribution in [0.1, 0.15) is 25.3 Å². The van der Waals surface area contributed by atoms with E-state index in [0.29, 0.717) is 5.04 Å². The molecule has 0 fully saturated rings. The van der Waals surface area contributed by atoms with Crippen LogP contribution in [0.5, 0.6) is 5.75 Å². The zero-order chi connectivity index (χ0) is 19.3. The minimum absolute atomic E-state index is 0.127. The van der Waals surface area contributed by atoms with Crippen LogP contribution in [0.15, 0.2) is 23.2 Å². The van der Waals surface area contributed by atoms with Crippen molar-refractivity contribution in [2.45, 2.75) is 32.4 Å². The van der Waals surface area contributed by atoms with Gasteiger partial charge < -0.3 is 14.7 Å². The maximum absolute atomic E-state index is 11.0. The molecule has 8 heteroatoms. The number of aliphatic carboxylic acids is 1. The maximum atomic E-state index is 11.0. The number of aromatic nitrogens is 1. The van der Waals surface area contributed by atoms with Gasteiger partial charge in [-0.15, -0.1) is 23.1 Å². The summed E-state index contributed by atoms with van der Waals surface area (Å²) in [7, 11) is 4.10. The number of hydrogen-bond acceptors (Lipinski definition) is 7. The fraction of sp³-hybridized carbons (Fsp3) is 0.500. The van der Waals surface area contributed by atoms with Crippen LogP contribution >= 0.6 is 23.1 Å². The molecule has 1 unspecified atom stereocenters. The highest BCUT2D eigenvalue weighted by molar-refractivity contribution is 8.14. The Kier molecular flexibility index (Phi) is 7.43. The van der Waals surface area contributed by atoms with E-state index < -0.39 is 12.0 Å². The number of nitrogens with zero attached hydrogens (tertiary/aromatic N) is 3. The molecule has 0 bridgehead atoms. The molecule has 6 nitrogen and oxygen atoms in total. The van der Waals surface area contributed by atoms with Crippen LogP contribution in [-0.2, 0) is 4.79 Å². The van der Waals surface area contributed by atoms with Gasteiger partial charge in [0.05, 0.1) is 16.3 Å². The first-order valence-corrected chi connectivity index (χ1v) is 10.4. The molecule has 0 amide bonds. The Labute approximate surface area is 162 Å². The van der Waals surface area contributed by atoms with E-state index in [0.717, 1.165) is 33.9 Å². The average molecular weight is 396 g/mol. The lowest BCUT2D eigenvalue weighted by Crippen LogP contribution is -2.21. The third kappa shape index (κ3) is 5.69. The number of thiazole rings is 1. The number of aliphatic imine (C=N–C) groups is 1. The molecule has 2 aromatic rings. The number of benzene rings is 1. The Morgan fingerprint density at radius 2 is 2.15 bits per heavy atom. The Balaban J connectivity index is 2.19. The summed E-state index contributed by atoms with van der Waals surface area (Å²) in [5.74, 6) is -0.124. The Bertz CT molecular complexity index is 789. The number of rotatable bonds is 8. The molecule has 2 atom stereocenters. The largest absolute Gasteiger partial charge is 0.491 e. The number of hydrogen-bond donors (Lipinski definition) is 1. The molecule has 1 aromatic carbocycles. The molecule has 0 saturated carbocycles. The van der Waals surface area contributed by atoms with Crippen molar-refractivity contribution in [3.8, 4) is 5.75 Å². The summed E-state index contributed by atoms with van der Waals surface area (Å²) >= 11 is 2.91. The van der Waals surface area contributed by atoms with Gasteiger partial charge in [0.2, 0.25) is 0 Å². The molecule has 142 valence electrons. The number of carbonyl (C=O) groups is 1. The van der Waals surface area contributed by atoms with Crippen molar-refractivity contribution in [3.63, 3.8) is 0 Å². The lowest BCUT2D eigenvalue weighted by molar-refractivity contribution is -0.137. The summed E-state index contributed by atoms with van der Waals surface area (Å²) in [6, 6.07) is 5.05. The van der Waals surface area contributed by atoms with Gasteiger partial charge in [-0.1, -0.05) is 0 Å². The van der Waals surface area contributed by atoms with Crippen LogP contribution in [0.25, 0.3) is 10.2 Å². The highest BCUT2D eigenvalue weighted by Gasteiger charge is 2.15. The van der Waals surface area contributed by atoms with Crippen LogP contribution in [0.3, 0.4) is 0 Å². The van der Waals surface area contributed by atoms with Gasteiger partial charge >= 0.3 is 5.97 Å². The Morgan fingerprint density at radius 1 is 1.42 bits per heavy atom. The van der Waals surface area contributed by atoms with Crippen molar-refractivity contribution in [2.75, 3.05) is 26.9 Å². The van der Waals surface area contributed by atoms with Crippen LogP contribution < -0.4 is 4.74 Å². The fourth-order valence-electron chi connectivity index (χ4n) is 2.23. The summed E-state index contributed by atoms with van der Waals surface area (Å²) in [5, 5.41) is 10.4. The lowest BCUT2D eigenvalue weighted by atomic mass is 10.2. The van der Waals surface area contributed by atoms with Gasteiger partial charge in [-0.25, -0.2) is 9.78 Å². The zero-order valence-corrected chi connectivity index (χ0v) is 17.4. The number of fused-ring (bicyclic) bond motifs is 1. The van der Waals surface area contributed by atoms with Crippen LogP contribution in [0.4, 0.5) is 0 Å². The molecule has 0 aliphatic heterocycles. The van der Waals surface area contributed by atoms with E-state index in [1.165, 1.54) is 23.1 Å². The van der Waals surface area contributed by atoms with Crippen LogP contribution in [0, 0.1) is 0 Å². The first kappa shape index (κ1) is 20.7. The highest BCUT2D eigenvalue weighted by atomic mass is 32.2. The van der Waals surface area contributed by atoms with Crippen LogP contribution in [-0.4, -0.2) is 65.0 Å². The lowest BCUT2D eigenvalue weighted by Gasteiger charge is -2.17. The summed E-state index contributed by atoms with van der Waals surface area (Å²) in [5.41, 5.74) is 0.864. The Hall–Kier alpha value is -1.64. The normalized spacial score (nSPS) is 14.6. The van der Waals surface area contributed by atoms with Gasteiger partial charge in [0.25, 0.3) is 0 Å². The Morgan fingerprint density at radius 3 is 2.77 bits per heavy atom. The molecular weight excluding hydrogens is 370 g/mol. The van der Waals surface area contributed by atoms with E-state index in [9.17, 15) is 4.79 Å². The third-order valence-electron chi connectivity index (χ3n) is 3.72. The third-order valence-corrected chi connectivity index (χ3v) is 5.56. The van der Waals surface area contributed by atoms with E-state index in [2.05, 4.69) is 21.8 Å². The fourth-order valence-corrected chi connectivity index (χ4v) is 3.97. The topological polar surface area (TPSA) is 75.0 Å². The molecule has 0 aliphatic carbocycles. The molecule has 0 saturated heterocycles. The SMILES string of the molecule is CSC(=N[C@H](C)C(=O)O)c1nc2ccc(OC(C)CCN(C)C)cc2s1. The van der Waals surface area contributed by atoms with Crippen molar-refractivity contribution in [1.29, 1.82) is 0 Å². The number of carboxylic acids is 1. The molecule has 2 rings (SSSR count). The quantitative estimate of drug-likeness (QED) is 0.544. The second kappa shape index (κ2) is 9.34. The monoisotopic (exact) mass is 395 g/mol. The maximum Gasteiger partial charge on any atom is 0.328 e. The van der Waals surface area contributed by atoms with E-state index in [-0.39, 0.29) is 6.10 Å². The molecular formula is C18H25N3O3S2. The van der Waals surface area contributed by atoms with E-state index in [4.69, 9.17) is 9.84 Å². The predicted molar refractivity (Wildman–Crippen MR) is 110 cm³/mol. The van der Waals surface area contributed by atoms with Gasteiger partial charge in [-0.3, -0.25) is 4.99 Å². The molecule has 26 heavy (non-hydrogen) atoms. The molecule has 0 spiro atoms. The summed E-state index contributed by atoms with van der Waals surface area (Å²) in [4.78, 5) is 22.0. The number of carboxylic acid groups (broad SMARTS) is 1. The van der Waals surface area contributed by atoms with Crippen molar-refractivity contribution >= 4 is 44.3 Å². The first-order chi connectivity index (χ1) is 12.3. The first-order valence-electron chi connectivity index (χ1n) is 8.37. The van der Waals surface area contributed by atoms with Gasteiger partial charge in [-0.05, 0) is 58.8 Å². The molecule has 1 aromatic heterocycles. The van der Waals surface area contributed by atoms with E-state index in [1.807, 2.05) is 38.6 Å². The van der Waals surface area contributed by atoms with E-state index in [1.54, 1.807) is 6.92 Å². The average Bonchev–Trinajstić information content (AvgIpc) is 3.00. The summed E-state index contributed by atoms with van der Waals surface area (Å²) in [6.45, 7) is 4.61. The van der Waals surface area contributed by atoms with Crippen molar-refractivity contribution < 1.29 is 14.6 Å². The number of ether oxygens (including phenoxy) is 1. The van der Waals surface area contributed by atoms with Gasteiger partial charge in [0.1, 0.15) is 21.8 Å². The van der Waals surface area contributed by atoms with E-state index >= 15 is 0 Å². The molecule has 1 N–H and O–H groups in total. The molecule has 1 heterocycles. The van der Waals surface area contributed by atoms with Gasteiger partial charge in [0.15, 0.2) is 0 Å². The van der Waals surface area contributed by atoms with Gasteiger partial charge in [-0.2, -0.15) is 0 Å². The molecule has 0 aliphatic rings. The summed E-state index contributed by atoms with van der Waals surface area (Å²) in [6.07, 6.45) is 2.96. The molecule has 0 radical (unpaired) electrons. The second-order valence-electron chi connectivity index (χ2n) is 6.32. The van der Waals surface area contributed by atoms with Crippen LogP contribution in [0.2, 0.25) is 0 Å². The minimum Gasteiger partial charge on any atom is -0.491 e. The highest BCUT2D eigenvalue weighted by Crippen LogP contribution is 2.29. The van der Waals surface area contributed by atoms with Gasteiger partial charge in [0, 0.05) is 6.54 Å². The zero-order valence-electron chi connectivity index (χ0n) is 15.7. The second-order valence-corrected chi connectivity index (χ2v) is 8.15. The standard InChI is InChI=1S/C18H25N3O3S2/c1-11(8-9-21(3)4)24-13-6-7-14-15(10-13)26-17(20-14)16(25-5)19-12(2)18(22)23/h6-7,10-12H,8-9H2,1-5H3,(H,22,23)/t11?,12-/m1/s1. The minimum atomic E-state index is -0.944. The number of thioether (sulfide) groups is 1. The smallest absolute Gasteiger partial charge is 0.328 e.